The second kappa shape index (κ2) is 10.2. The molecule has 26 heavy (non-hydrogen) atoms. The number of aromatic nitrogens is 1. The lowest BCUT2D eigenvalue weighted by molar-refractivity contribution is 0.0655. The first-order valence-corrected chi connectivity index (χ1v) is 8.41. The molecule has 5 nitrogen and oxygen atoms in total. The van der Waals surface area contributed by atoms with E-state index >= 15 is 0 Å². The van der Waals surface area contributed by atoms with Crippen LogP contribution in [0.3, 0.4) is 0 Å². The molecule has 0 unspecified atom stereocenters. The predicted octanol–water partition coefficient (Wildman–Crippen LogP) is 4.46. The van der Waals surface area contributed by atoms with Crippen molar-refractivity contribution in [2.24, 2.45) is 0 Å². The Morgan fingerprint density at radius 2 is 2.04 bits per heavy atom. The van der Waals surface area contributed by atoms with Crippen molar-refractivity contribution in [2.45, 2.75) is 13.0 Å². The number of rotatable bonds is 3. The molecule has 2 aromatic rings. The molecule has 3 rings (SSSR count). The minimum absolute atomic E-state index is 0. The molecule has 1 aliphatic rings. The van der Waals surface area contributed by atoms with Gasteiger partial charge in [-0.15, -0.1) is 24.8 Å². The minimum atomic E-state index is -0.0242. The molecule has 1 aromatic heterocycles. The molecular weight excluding hydrogens is 420 g/mol. The Balaban J connectivity index is 0.00000169. The number of ether oxygens (including phenoxy) is 1. The third-order valence-corrected chi connectivity index (χ3v) is 4.68. The Bertz CT molecular complexity index is 743. The van der Waals surface area contributed by atoms with Gasteiger partial charge in [-0.1, -0.05) is 29.3 Å². The van der Waals surface area contributed by atoms with Crippen molar-refractivity contribution in [2.75, 3.05) is 19.6 Å². The van der Waals surface area contributed by atoms with Crippen LogP contribution in [0.15, 0.2) is 36.5 Å². The van der Waals surface area contributed by atoms with E-state index in [0.29, 0.717) is 33.8 Å². The molecule has 1 aromatic carbocycles. The van der Waals surface area contributed by atoms with Gasteiger partial charge in [-0.3, -0.25) is 4.79 Å². The van der Waals surface area contributed by atoms with Gasteiger partial charge in [0.25, 0.3) is 5.91 Å². The molecule has 9 heteroatoms. The fourth-order valence-electron chi connectivity index (χ4n) is 2.55. The van der Waals surface area contributed by atoms with Gasteiger partial charge in [0.2, 0.25) is 5.88 Å². The molecule has 0 bridgehead atoms. The molecule has 1 amide bonds. The van der Waals surface area contributed by atoms with E-state index in [4.69, 9.17) is 27.9 Å². The van der Waals surface area contributed by atoms with Crippen LogP contribution in [-0.4, -0.2) is 41.5 Å². The fourth-order valence-corrected chi connectivity index (χ4v) is 2.88. The van der Waals surface area contributed by atoms with Gasteiger partial charge in [-0.25, -0.2) is 4.98 Å². The number of carbonyl (C=O) groups excluding carboxylic acids is 1. The minimum Gasteiger partial charge on any atom is -0.437 e. The zero-order valence-electron chi connectivity index (χ0n) is 13.9. The molecule has 1 atom stereocenters. The average molecular weight is 439 g/mol. The summed E-state index contributed by atoms with van der Waals surface area (Å²) in [7, 11) is 0. The molecular formula is C17H19Cl4N3O2. The van der Waals surface area contributed by atoms with Crippen molar-refractivity contribution < 1.29 is 9.53 Å². The fraction of sp³-hybridized carbons (Fsp3) is 0.294. The highest BCUT2D eigenvalue weighted by molar-refractivity contribution is 6.42. The molecule has 0 spiro atoms. The van der Waals surface area contributed by atoms with E-state index in [1.165, 1.54) is 6.20 Å². The van der Waals surface area contributed by atoms with Crippen LogP contribution in [0.2, 0.25) is 10.0 Å². The van der Waals surface area contributed by atoms with E-state index in [2.05, 4.69) is 10.3 Å². The van der Waals surface area contributed by atoms with Gasteiger partial charge in [0.15, 0.2) is 0 Å². The first kappa shape index (κ1) is 22.8. The van der Waals surface area contributed by atoms with Gasteiger partial charge in [0.05, 0.1) is 10.6 Å². The first-order chi connectivity index (χ1) is 11.6. The third-order valence-electron chi connectivity index (χ3n) is 3.88. The van der Waals surface area contributed by atoms with Gasteiger partial charge in [0.1, 0.15) is 10.8 Å². The second-order valence-corrected chi connectivity index (χ2v) is 6.38. The Morgan fingerprint density at radius 1 is 1.27 bits per heavy atom. The summed E-state index contributed by atoms with van der Waals surface area (Å²) in [5.41, 5.74) is 0.535. The zero-order valence-corrected chi connectivity index (χ0v) is 17.1. The number of piperazine rings is 1. The van der Waals surface area contributed by atoms with Crippen LogP contribution in [0.5, 0.6) is 11.6 Å². The predicted molar refractivity (Wildman–Crippen MR) is 109 cm³/mol. The smallest absolute Gasteiger partial charge is 0.255 e. The lowest BCUT2D eigenvalue weighted by atomic mass is 10.1. The summed E-state index contributed by atoms with van der Waals surface area (Å²) in [4.78, 5) is 18.6. The highest BCUT2D eigenvalue weighted by Crippen LogP contribution is 2.34. The van der Waals surface area contributed by atoms with Gasteiger partial charge >= 0.3 is 0 Å². The van der Waals surface area contributed by atoms with Crippen molar-refractivity contribution in [1.29, 1.82) is 0 Å². The van der Waals surface area contributed by atoms with Crippen LogP contribution in [0.1, 0.15) is 17.3 Å². The standard InChI is InChI=1S/C17H17Cl2N3O2.2ClH/c1-11-9-20-7-8-22(11)17(23)12-5-6-15(21-10-12)24-14-4-2-3-13(18)16(14)19;;/h2-6,10-11,20H,7-9H2,1H3;2*1H/t11-;;/m0../s1. The van der Waals surface area contributed by atoms with Crippen LogP contribution in [0.4, 0.5) is 0 Å². The highest BCUT2D eigenvalue weighted by Gasteiger charge is 2.24. The van der Waals surface area contributed by atoms with Crippen molar-refractivity contribution in [3.05, 3.63) is 52.1 Å². The van der Waals surface area contributed by atoms with Crippen LogP contribution in [-0.2, 0) is 0 Å². The van der Waals surface area contributed by atoms with Crippen LogP contribution >= 0.6 is 48.0 Å². The van der Waals surface area contributed by atoms with E-state index in [-0.39, 0.29) is 36.8 Å². The molecule has 1 aliphatic heterocycles. The molecule has 1 saturated heterocycles. The average Bonchev–Trinajstić information content (AvgIpc) is 2.59. The molecule has 0 aliphatic carbocycles. The number of pyridine rings is 1. The normalized spacial score (nSPS) is 16.3. The molecule has 0 radical (unpaired) electrons. The topological polar surface area (TPSA) is 54.5 Å². The zero-order chi connectivity index (χ0) is 17.1. The SMILES string of the molecule is C[C@H]1CNCCN1C(=O)c1ccc(Oc2cccc(Cl)c2Cl)nc1.Cl.Cl. The summed E-state index contributed by atoms with van der Waals surface area (Å²) in [6, 6.07) is 8.65. The number of nitrogens with one attached hydrogen (secondary N) is 1. The Hall–Kier alpha value is -1.24. The summed E-state index contributed by atoms with van der Waals surface area (Å²) in [5, 5.41) is 4.00. The van der Waals surface area contributed by atoms with Crippen LogP contribution < -0.4 is 10.1 Å². The lowest BCUT2D eigenvalue weighted by Gasteiger charge is -2.33. The van der Waals surface area contributed by atoms with E-state index in [1.54, 1.807) is 30.3 Å². The molecule has 1 N–H and O–H groups in total. The number of amides is 1. The van der Waals surface area contributed by atoms with E-state index in [0.717, 1.165) is 13.1 Å². The van der Waals surface area contributed by atoms with Crippen molar-refractivity contribution in [3.63, 3.8) is 0 Å². The number of nitrogens with zero attached hydrogens (tertiary/aromatic N) is 2. The number of hydrogen-bond donors (Lipinski definition) is 1. The molecule has 2 heterocycles. The summed E-state index contributed by atoms with van der Waals surface area (Å²) in [5.74, 6) is 0.749. The molecule has 1 fully saturated rings. The Morgan fingerprint density at radius 3 is 2.69 bits per heavy atom. The van der Waals surface area contributed by atoms with Crippen molar-refractivity contribution in [1.82, 2.24) is 15.2 Å². The first-order valence-electron chi connectivity index (χ1n) is 7.66. The summed E-state index contributed by atoms with van der Waals surface area (Å²) in [6.07, 6.45) is 1.52. The largest absolute Gasteiger partial charge is 0.437 e. The van der Waals surface area contributed by atoms with Gasteiger partial charge in [-0.05, 0) is 25.1 Å². The molecule has 0 saturated carbocycles. The highest BCUT2D eigenvalue weighted by atomic mass is 35.5. The summed E-state index contributed by atoms with van der Waals surface area (Å²) >= 11 is 12.0. The number of benzene rings is 1. The Labute approximate surface area is 174 Å². The number of carbonyl (C=O) groups is 1. The summed E-state index contributed by atoms with van der Waals surface area (Å²) in [6.45, 7) is 4.32. The Kier molecular flexibility index (Phi) is 8.93. The van der Waals surface area contributed by atoms with Crippen LogP contribution in [0.25, 0.3) is 0 Å². The third kappa shape index (κ3) is 5.15. The van der Waals surface area contributed by atoms with Gasteiger partial charge in [0, 0.05) is 37.9 Å². The van der Waals surface area contributed by atoms with Crippen LogP contribution in [0, 0.1) is 0 Å². The maximum atomic E-state index is 12.6. The number of halogens is 4. The monoisotopic (exact) mass is 437 g/mol. The van der Waals surface area contributed by atoms with Gasteiger partial charge < -0.3 is 15.0 Å². The van der Waals surface area contributed by atoms with Crippen molar-refractivity contribution in [3.8, 4) is 11.6 Å². The quantitative estimate of drug-likeness (QED) is 0.768. The summed E-state index contributed by atoms with van der Waals surface area (Å²) < 4.78 is 5.63. The maximum Gasteiger partial charge on any atom is 0.255 e. The van der Waals surface area contributed by atoms with E-state index < -0.39 is 0 Å². The second-order valence-electron chi connectivity index (χ2n) is 5.59. The van der Waals surface area contributed by atoms with Gasteiger partial charge in [-0.2, -0.15) is 0 Å². The lowest BCUT2D eigenvalue weighted by Crippen LogP contribution is -2.52. The van der Waals surface area contributed by atoms with E-state index in [1.807, 2.05) is 11.8 Å². The van der Waals surface area contributed by atoms with Crippen molar-refractivity contribution >= 4 is 53.9 Å². The molecule has 142 valence electrons. The maximum absolute atomic E-state index is 12.6. The number of hydrogen-bond acceptors (Lipinski definition) is 4. The van der Waals surface area contributed by atoms with E-state index in [9.17, 15) is 4.79 Å².